The van der Waals surface area contributed by atoms with Crippen LogP contribution in [0.5, 0.6) is 0 Å². The minimum Gasteiger partial charge on any atom is -0.380 e. The Bertz CT molecular complexity index is 542. The Balaban J connectivity index is 2.12. The van der Waals surface area contributed by atoms with Crippen molar-refractivity contribution in [3.8, 4) is 0 Å². The molecule has 0 heterocycles. The molecule has 2 aromatic carbocycles. The maximum atomic E-state index is 13.7. The highest BCUT2D eigenvalue weighted by molar-refractivity contribution is 5.47. The molecule has 0 saturated carbocycles. The quantitative estimate of drug-likeness (QED) is 0.871. The van der Waals surface area contributed by atoms with Crippen molar-refractivity contribution in [3.05, 3.63) is 65.5 Å². The first-order valence-electron chi connectivity index (χ1n) is 6.29. The molecule has 0 aromatic heterocycles. The van der Waals surface area contributed by atoms with Gasteiger partial charge in [0, 0.05) is 18.4 Å². The third-order valence-corrected chi connectivity index (χ3v) is 2.99. The number of nitrogens with one attached hydrogen (secondary N) is 1. The molecule has 0 radical (unpaired) electrons. The zero-order chi connectivity index (χ0) is 13.7. The van der Waals surface area contributed by atoms with E-state index in [0.717, 1.165) is 11.3 Å². The van der Waals surface area contributed by atoms with Crippen molar-refractivity contribution < 1.29 is 9.13 Å². The number of anilines is 1. The van der Waals surface area contributed by atoms with Gasteiger partial charge in [0.2, 0.25) is 0 Å². The van der Waals surface area contributed by atoms with E-state index in [0.29, 0.717) is 12.2 Å². The van der Waals surface area contributed by atoms with Gasteiger partial charge in [-0.15, -0.1) is 0 Å². The molecule has 0 aliphatic carbocycles. The van der Waals surface area contributed by atoms with E-state index in [1.807, 2.05) is 37.3 Å². The zero-order valence-electron chi connectivity index (χ0n) is 11.2. The second-order valence-corrected chi connectivity index (χ2v) is 4.52. The van der Waals surface area contributed by atoms with E-state index in [9.17, 15) is 4.39 Å². The van der Waals surface area contributed by atoms with Gasteiger partial charge in [0.05, 0.1) is 12.6 Å². The summed E-state index contributed by atoms with van der Waals surface area (Å²) in [5.74, 6) is -0.185. The van der Waals surface area contributed by atoms with Gasteiger partial charge in [-0.25, -0.2) is 4.39 Å². The Morgan fingerprint density at radius 3 is 2.68 bits per heavy atom. The number of halogens is 1. The van der Waals surface area contributed by atoms with Crippen LogP contribution in [-0.2, 0) is 11.3 Å². The van der Waals surface area contributed by atoms with Crippen LogP contribution < -0.4 is 5.32 Å². The highest BCUT2D eigenvalue weighted by atomic mass is 19.1. The molecule has 0 aliphatic rings. The van der Waals surface area contributed by atoms with Gasteiger partial charge in [-0.05, 0) is 30.7 Å². The predicted molar refractivity (Wildman–Crippen MR) is 75.6 cm³/mol. The third-order valence-electron chi connectivity index (χ3n) is 2.99. The molecule has 0 fully saturated rings. The average molecular weight is 259 g/mol. The Morgan fingerprint density at radius 1 is 1.16 bits per heavy atom. The van der Waals surface area contributed by atoms with E-state index in [-0.39, 0.29) is 11.9 Å². The van der Waals surface area contributed by atoms with Gasteiger partial charge in [0.1, 0.15) is 5.82 Å². The maximum absolute atomic E-state index is 13.7. The SMILES string of the molecule is COCc1cccc(NC(C)c2ccccc2F)c1. The topological polar surface area (TPSA) is 21.3 Å². The lowest BCUT2D eigenvalue weighted by Crippen LogP contribution is -2.08. The first kappa shape index (κ1) is 13.6. The first-order valence-corrected chi connectivity index (χ1v) is 6.29. The van der Waals surface area contributed by atoms with Gasteiger partial charge in [-0.2, -0.15) is 0 Å². The smallest absolute Gasteiger partial charge is 0.128 e. The number of benzene rings is 2. The summed E-state index contributed by atoms with van der Waals surface area (Å²) < 4.78 is 18.8. The first-order chi connectivity index (χ1) is 9.20. The minimum atomic E-state index is -0.185. The molecular formula is C16H18FNO. The van der Waals surface area contributed by atoms with Crippen LogP contribution in [0.25, 0.3) is 0 Å². The summed E-state index contributed by atoms with van der Waals surface area (Å²) >= 11 is 0. The molecule has 0 spiro atoms. The molecular weight excluding hydrogens is 241 g/mol. The minimum absolute atomic E-state index is 0.0843. The van der Waals surface area contributed by atoms with Crippen molar-refractivity contribution >= 4 is 5.69 Å². The fourth-order valence-electron chi connectivity index (χ4n) is 2.07. The van der Waals surface area contributed by atoms with Crippen LogP contribution in [-0.4, -0.2) is 7.11 Å². The number of hydrogen-bond acceptors (Lipinski definition) is 2. The van der Waals surface area contributed by atoms with E-state index < -0.39 is 0 Å². The van der Waals surface area contributed by atoms with Gasteiger partial charge in [-0.3, -0.25) is 0 Å². The van der Waals surface area contributed by atoms with Crippen LogP contribution in [0.1, 0.15) is 24.1 Å². The summed E-state index contributed by atoms with van der Waals surface area (Å²) in [4.78, 5) is 0. The van der Waals surface area contributed by atoms with Gasteiger partial charge in [-0.1, -0.05) is 30.3 Å². The predicted octanol–water partition coefficient (Wildman–Crippen LogP) is 4.15. The Hall–Kier alpha value is -1.87. The maximum Gasteiger partial charge on any atom is 0.128 e. The van der Waals surface area contributed by atoms with Crippen molar-refractivity contribution in [3.63, 3.8) is 0 Å². The van der Waals surface area contributed by atoms with Crippen LogP contribution in [0.15, 0.2) is 48.5 Å². The third kappa shape index (κ3) is 3.55. The molecule has 0 bridgehead atoms. The van der Waals surface area contributed by atoms with Crippen LogP contribution >= 0.6 is 0 Å². The summed E-state index contributed by atoms with van der Waals surface area (Å²) in [6, 6.07) is 14.7. The molecule has 100 valence electrons. The number of ether oxygens (including phenoxy) is 1. The number of methoxy groups -OCH3 is 1. The molecule has 0 amide bonds. The molecule has 1 atom stereocenters. The van der Waals surface area contributed by atoms with E-state index in [4.69, 9.17) is 4.74 Å². The van der Waals surface area contributed by atoms with Crippen molar-refractivity contribution in [1.29, 1.82) is 0 Å². The molecule has 0 aliphatic heterocycles. The normalized spacial score (nSPS) is 12.2. The van der Waals surface area contributed by atoms with Crippen molar-refractivity contribution in [2.45, 2.75) is 19.6 Å². The summed E-state index contributed by atoms with van der Waals surface area (Å²) in [6.45, 7) is 2.52. The van der Waals surface area contributed by atoms with Crippen molar-refractivity contribution in [2.24, 2.45) is 0 Å². The summed E-state index contributed by atoms with van der Waals surface area (Å²) in [5.41, 5.74) is 2.72. The lowest BCUT2D eigenvalue weighted by atomic mass is 10.1. The zero-order valence-corrected chi connectivity index (χ0v) is 11.2. The monoisotopic (exact) mass is 259 g/mol. The highest BCUT2D eigenvalue weighted by Gasteiger charge is 2.09. The largest absolute Gasteiger partial charge is 0.380 e. The molecule has 2 aromatic rings. The van der Waals surface area contributed by atoms with E-state index in [1.165, 1.54) is 6.07 Å². The Morgan fingerprint density at radius 2 is 1.95 bits per heavy atom. The van der Waals surface area contributed by atoms with Crippen LogP contribution in [0, 0.1) is 5.82 Å². The lowest BCUT2D eigenvalue weighted by molar-refractivity contribution is 0.185. The molecule has 2 rings (SSSR count). The van der Waals surface area contributed by atoms with Gasteiger partial charge >= 0.3 is 0 Å². The standard InChI is InChI=1S/C16H18FNO/c1-12(15-8-3-4-9-16(15)17)18-14-7-5-6-13(10-14)11-19-2/h3-10,12,18H,11H2,1-2H3. The molecule has 2 nitrogen and oxygen atoms in total. The van der Waals surface area contributed by atoms with Crippen LogP contribution in [0.4, 0.5) is 10.1 Å². The second kappa shape index (κ2) is 6.34. The molecule has 1 N–H and O–H groups in total. The fourth-order valence-corrected chi connectivity index (χ4v) is 2.07. The van der Waals surface area contributed by atoms with Crippen LogP contribution in [0.2, 0.25) is 0 Å². The lowest BCUT2D eigenvalue weighted by Gasteiger charge is -2.17. The molecule has 3 heteroatoms. The Labute approximate surface area is 113 Å². The van der Waals surface area contributed by atoms with Gasteiger partial charge in [0.25, 0.3) is 0 Å². The van der Waals surface area contributed by atoms with Gasteiger partial charge < -0.3 is 10.1 Å². The van der Waals surface area contributed by atoms with Crippen molar-refractivity contribution in [2.75, 3.05) is 12.4 Å². The summed E-state index contributed by atoms with van der Waals surface area (Å²) in [7, 11) is 1.67. The van der Waals surface area contributed by atoms with E-state index in [1.54, 1.807) is 19.2 Å². The molecule has 19 heavy (non-hydrogen) atoms. The average Bonchev–Trinajstić information content (AvgIpc) is 2.40. The second-order valence-electron chi connectivity index (χ2n) is 4.52. The van der Waals surface area contributed by atoms with E-state index in [2.05, 4.69) is 5.32 Å². The van der Waals surface area contributed by atoms with Crippen LogP contribution in [0.3, 0.4) is 0 Å². The van der Waals surface area contributed by atoms with Gasteiger partial charge in [0.15, 0.2) is 0 Å². The van der Waals surface area contributed by atoms with Crippen molar-refractivity contribution in [1.82, 2.24) is 0 Å². The van der Waals surface area contributed by atoms with E-state index >= 15 is 0 Å². The Kier molecular flexibility index (Phi) is 4.53. The summed E-state index contributed by atoms with van der Waals surface area (Å²) in [5, 5.41) is 3.30. The fraction of sp³-hybridized carbons (Fsp3) is 0.250. The molecule has 0 saturated heterocycles. The summed E-state index contributed by atoms with van der Waals surface area (Å²) in [6.07, 6.45) is 0. The molecule has 1 unspecified atom stereocenters. The number of rotatable bonds is 5. The highest BCUT2D eigenvalue weighted by Crippen LogP contribution is 2.22. The number of hydrogen-bond donors (Lipinski definition) is 1.